The molecule has 1 amide bonds. The van der Waals surface area contributed by atoms with E-state index in [9.17, 15) is 4.79 Å². The topological polar surface area (TPSA) is 60.2 Å². The normalized spacial score (nSPS) is 11.0. The highest BCUT2D eigenvalue weighted by atomic mass is 16.5. The molecule has 0 bridgehead atoms. The van der Waals surface area contributed by atoms with Crippen molar-refractivity contribution in [3.63, 3.8) is 0 Å². The fourth-order valence-electron chi connectivity index (χ4n) is 4.02. The predicted molar refractivity (Wildman–Crippen MR) is 131 cm³/mol. The van der Waals surface area contributed by atoms with Gasteiger partial charge in [0.05, 0.1) is 29.9 Å². The van der Waals surface area contributed by atoms with Crippen LogP contribution in [0.1, 0.15) is 48.2 Å². The summed E-state index contributed by atoms with van der Waals surface area (Å²) in [6.07, 6.45) is 2.48. The lowest BCUT2D eigenvalue weighted by Crippen LogP contribution is -2.30. The summed E-state index contributed by atoms with van der Waals surface area (Å²) in [5, 5.41) is 0. The number of amides is 1. The zero-order valence-electron chi connectivity index (χ0n) is 19.5. The SMILES string of the molecule is CCOc1ccc(Cc2nc3cc(C(=O)N(CC)CC)ccc3n2Cc2ccccn2)cc1. The molecule has 4 aromatic rings. The largest absolute Gasteiger partial charge is 0.494 e. The van der Waals surface area contributed by atoms with Crippen LogP contribution in [0.3, 0.4) is 0 Å². The van der Waals surface area contributed by atoms with Gasteiger partial charge in [0.15, 0.2) is 0 Å². The number of aromatic nitrogens is 3. The second-order valence-electron chi connectivity index (χ2n) is 7.87. The summed E-state index contributed by atoms with van der Waals surface area (Å²) < 4.78 is 7.76. The number of carbonyl (C=O) groups excluding carboxylic acids is 1. The number of imidazole rings is 1. The van der Waals surface area contributed by atoms with E-state index >= 15 is 0 Å². The monoisotopic (exact) mass is 442 g/mol. The van der Waals surface area contributed by atoms with Crippen LogP contribution in [-0.4, -0.2) is 45.0 Å². The predicted octanol–water partition coefficient (Wildman–Crippen LogP) is 4.95. The Labute approximate surface area is 194 Å². The van der Waals surface area contributed by atoms with Crippen molar-refractivity contribution in [2.45, 2.75) is 33.7 Å². The van der Waals surface area contributed by atoms with Crippen LogP contribution in [-0.2, 0) is 13.0 Å². The molecule has 0 aliphatic rings. The number of hydrogen-bond acceptors (Lipinski definition) is 4. The van der Waals surface area contributed by atoms with Gasteiger partial charge in [-0.25, -0.2) is 4.98 Å². The molecule has 33 heavy (non-hydrogen) atoms. The zero-order valence-corrected chi connectivity index (χ0v) is 19.5. The number of hydrogen-bond donors (Lipinski definition) is 0. The van der Waals surface area contributed by atoms with Gasteiger partial charge in [0, 0.05) is 31.3 Å². The summed E-state index contributed by atoms with van der Waals surface area (Å²) in [5.41, 5.74) is 4.60. The van der Waals surface area contributed by atoms with E-state index in [4.69, 9.17) is 9.72 Å². The van der Waals surface area contributed by atoms with Crippen molar-refractivity contribution in [2.75, 3.05) is 19.7 Å². The maximum atomic E-state index is 12.9. The molecule has 0 aliphatic heterocycles. The van der Waals surface area contributed by atoms with Crippen molar-refractivity contribution in [1.29, 1.82) is 0 Å². The molecular formula is C27H30N4O2. The Morgan fingerprint density at radius 2 is 1.79 bits per heavy atom. The van der Waals surface area contributed by atoms with Crippen LogP contribution in [0.2, 0.25) is 0 Å². The lowest BCUT2D eigenvalue weighted by molar-refractivity contribution is 0.0773. The van der Waals surface area contributed by atoms with Gasteiger partial charge in [0.25, 0.3) is 5.91 Å². The molecule has 4 rings (SSSR count). The number of nitrogens with zero attached hydrogens (tertiary/aromatic N) is 4. The molecule has 0 saturated carbocycles. The van der Waals surface area contributed by atoms with E-state index in [1.165, 1.54) is 0 Å². The Morgan fingerprint density at radius 1 is 1.00 bits per heavy atom. The number of fused-ring (bicyclic) bond motifs is 1. The fraction of sp³-hybridized carbons (Fsp3) is 0.296. The van der Waals surface area contributed by atoms with E-state index in [-0.39, 0.29) is 5.91 Å². The third kappa shape index (κ3) is 5.06. The van der Waals surface area contributed by atoms with Gasteiger partial charge in [0.2, 0.25) is 0 Å². The molecule has 2 aromatic heterocycles. The lowest BCUT2D eigenvalue weighted by atomic mass is 10.1. The molecule has 2 heterocycles. The van der Waals surface area contributed by atoms with E-state index in [0.717, 1.165) is 33.9 Å². The number of rotatable bonds is 9. The molecule has 0 unspecified atom stereocenters. The Bertz CT molecular complexity index is 1210. The Kier molecular flexibility index (Phi) is 7.03. The maximum Gasteiger partial charge on any atom is 0.253 e. The number of pyridine rings is 1. The van der Waals surface area contributed by atoms with Crippen LogP contribution in [0.25, 0.3) is 11.0 Å². The second kappa shape index (κ2) is 10.3. The first kappa shape index (κ1) is 22.5. The van der Waals surface area contributed by atoms with Gasteiger partial charge in [-0.2, -0.15) is 0 Å². The molecule has 6 heteroatoms. The van der Waals surface area contributed by atoms with Gasteiger partial charge in [-0.3, -0.25) is 9.78 Å². The van der Waals surface area contributed by atoms with Crippen molar-refractivity contribution in [2.24, 2.45) is 0 Å². The first-order chi connectivity index (χ1) is 16.1. The molecular weight excluding hydrogens is 412 g/mol. The third-order valence-electron chi connectivity index (χ3n) is 5.77. The van der Waals surface area contributed by atoms with Gasteiger partial charge >= 0.3 is 0 Å². The van der Waals surface area contributed by atoms with E-state index in [1.807, 2.05) is 74.2 Å². The van der Waals surface area contributed by atoms with Gasteiger partial charge in [0.1, 0.15) is 11.6 Å². The van der Waals surface area contributed by atoms with Gasteiger partial charge in [-0.05, 0) is 68.8 Å². The molecule has 0 radical (unpaired) electrons. The highest BCUT2D eigenvalue weighted by Crippen LogP contribution is 2.23. The highest BCUT2D eigenvalue weighted by molar-refractivity contribution is 5.97. The summed E-state index contributed by atoms with van der Waals surface area (Å²) in [6, 6.07) is 19.9. The molecule has 0 atom stereocenters. The second-order valence-corrected chi connectivity index (χ2v) is 7.87. The molecule has 0 aliphatic carbocycles. The van der Waals surface area contributed by atoms with Gasteiger partial charge < -0.3 is 14.2 Å². The summed E-state index contributed by atoms with van der Waals surface area (Å²) >= 11 is 0. The average Bonchev–Trinajstić information content (AvgIpc) is 3.17. The Morgan fingerprint density at radius 3 is 2.45 bits per heavy atom. The minimum atomic E-state index is 0.0363. The Balaban J connectivity index is 1.72. The summed E-state index contributed by atoms with van der Waals surface area (Å²) in [5.74, 6) is 1.84. The smallest absolute Gasteiger partial charge is 0.253 e. The summed E-state index contributed by atoms with van der Waals surface area (Å²) in [6.45, 7) is 8.61. The molecule has 0 fully saturated rings. The quantitative estimate of drug-likeness (QED) is 0.368. The number of benzene rings is 2. The lowest BCUT2D eigenvalue weighted by Gasteiger charge is -2.18. The van der Waals surface area contributed by atoms with E-state index < -0.39 is 0 Å². The fourth-order valence-corrected chi connectivity index (χ4v) is 4.02. The molecule has 0 saturated heterocycles. The molecule has 6 nitrogen and oxygen atoms in total. The molecule has 170 valence electrons. The number of carbonyl (C=O) groups is 1. The van der Waals surface area contributed by atoms with E-state index in [2.05, 4.69) is 21.7 Å². The van der Waals surface area contributed by atoms with E-state index in [1.54, 1.807) is 6.20 Å². The highest BCUT2D eigenvalue weighted by Gasteiger charge is 2.17. The molecule has 0 N–H and O–H groups in total. The van der Waals surface area contributed by atoms with Crippen molar-refractivity contribution in [1.82, 2.24) is 19.4 Å². The molecule has 2 aromatic carbocycles. The summed E-state index contributed by atoms with van der Waals surface area (Å²) in [7, 11) is 0. The number of ether oxygens (including phenoxy) is 1. The zero-order chi connectivity index (χ0) is 23.2. The van der Waals surface area contributed by atoms with Crippen LogP contribution in [0.15, 0.2) is 66.9 Å². The first-order valence-corrected chi connectivity index (χ1v) is 11.5. The standard InChI is InChI=1S/C27H30N4O2/c1-4-30(5-2)27(32)21-12-15-25-24(18-21)29-26(31(25)19-22-9-7-8-16-28-22)17-20-10-13-23(14-11-20)33-6-3/h7-16,18H,4-6,17,19H2,1-3H3. The minimum absolute atomic E-state index is 0.0363. The van der Waals surface area contributed by atoms with Crippen LogP contribution in [0.5, 0.6) is 5.75 Å². The first-order valence-electron chi connectivity index (χ1n) is 11.5. The maximum absolute atomic E-state index is 12.9. The van der Waals surface area contributed by atoms with Crippen LogP contribution in [0, 0.1) is 0 Å². The minimum Gasteiger partial charge on any atom is -0.494 e. The Hall–Kier alpha value is -3.67. The molecule has 0 spiro atoms. The van der Waals surface area contributed by atoms with Crippen LogP contribution in [0.4, 0.5) is 0 Å². The van der Waals surface area contributed by atoms with Crippen LogP contribution >= 0.6 is 0 Å². The van der Waals surface area contributed by atoms with Crippen molar-refractivity contribution in [3.05, 3.63) is 89.5 Å². The van der Waals surface area contributed by atoms with Crippen LogP contribution < -0.4 is 4.74 Å². The van der Waals surface area contributed by atoms with Gasteiger partial charge in [-0.1, -0.05) is 18.2 Å². The van der Waals surface area contributed by atoms with E-state index in [0.29, 0.717) is 38.2 Å². The van der Waals surface area contributed by atoms with Crippen molar-refractivity contribution < 1.29 is 9.53 Å². The summed E-state index contributed by atoms with van der Waals surface area (Å²) in [4.78, 5) is 24.2. The average molecular weight is 443 g/mol. The van der Waals surface area contributed by atoms with Gasteiger partial charge in [-0.15, -0.1) is 0 Å². The van der Waals surface area contributed by atoms with Crippen molar-refractivity contribution >= 4 is 16.9 Å². The third-order valence-corrected chi connectivity index (χ3v) is 5.77. The van der Waals surface area contributed by atoms with Crippen molar-refractivity contribution in [3.8, 4) is 5.75 Å².